The van der Waals surface area contributed by atoms with E-state index in [1.807, 2.05) is 12.1 Å². The first-order chi connectivity index (χ1) is 16.1. The molecule has 0 radical (unpaired) electrons. The highest BCUT2D eigenvalue weighted by Crippen LogP contribution is 2.49. The van der Waals surface area contributed by atoms with Crippen LogP contribution in [0.25, 0.3) is 11.3 Å². The fourth-order valence-corrected chi connectivity index (χ4v) is 5.47. The van der Waals surface area contributed by atoms with Crippen molar-refractivity contribution in [3.63, 3.8) is 0 Å². The van der Waals surface area contributed by atoms with Crippen LogP contribution in [0.2, 0.25) is 10.0 Å². The van der Waals surface area contributed by atoms with E-state index in [0.29, 0.717) is 28.5 Å². The van der Waals surface area contributed by atoms with Crippen LogP contribution >= 0.6 is 23.2 Å². The number of fused-ring (bicyclic) bond motifs is 1. The summed E-state index contributed by atoms with van der Waals surface area (Å²) in [6.07, 6.45) is 5.59. The molecule has 4 nitrogen and oxygen atoms in total. The summed E-state index contributed by atoms with van der Waals surface area (Å²) in [5, 5.41) is 5.05. The average Bonchev–Trinajstić information content (AvgIpc) is 3.72. The number of rotatable bonds is 7. The Bertz CT molecular complexity index is 1210. The van der Waals surface area contributed by atoms with Gasteiger partial charge in [0.05, 0.1) is 34.3 Å². The molecule has 2 atom stereocenters. The van der Waals surface area contributed by atoms with Crippen LogP contribution in [0.5, 0.6) is 0 Å². The summed E-state index contributed by atoms with van der Waals surface area (Å²) in [7, 11) is 0. The van der Waals surface area contributed by atoms with Gasteiger partial charge in [-0.3, -0.25) is 0 Å². The molecule has 0 amide bonds. The Labute approximate surface area is 204 Å². The molecule has 1 aromatic heterocycles. The van der Waals surface area contributed by atoms with Crippen molar-refractivity contribution in [1.29, 1.82) is 0 Å². The van der Waals surface area contributed by atoms with Gasteiger partial charge < -0.3 is 10.1 Å². The van der Waals surface area contributed by atoms with Crippen molar-refractivity contribution >= 4 is 29.0 Å². The quantitative estimate of drug-likeness (QED) is 0.385. The Morgan fingerprint density at radius 1 is 0.970 bits per heavy atom. The predicted octanol–water partition coefficient (Wildman–Crippen LogP) is 7.32. The number of nitrogens with zero attached hydrogens (tertiary/aromatic N) is 2. The zero-order valence-electron chi connectivity index (χ0n) is 18.7. The molecule has 2 saturated carbocycles. The van der Waals surface area contributed by atoms with Crippen LogP contribution in [-0.4, -0.2) is 22.7 Å². The van der Waals surface area contributed by atoms with Gasteiger partial charge in [0.2, 0.25) is 0 Å². The third-order valence-corrected chi connectivity index (χ3v) is 7.47. The van der Waals surface area contributed by atoms with Crippen LogP contribution in [0.15, 0.2) is 42.5 Å². The van der Waals surface area contributed by atoms with E-state index in [-0.39, 0.29) is 12.1 Å². The maximum absolute atomic E-state index is 6.61. The highest BCUT2D eigenvalue weighted by atomic mass is 35.5. The van der Waals surface area contributed by atoms with Crippen molar-refractivity contribution in [2.24, 2.45) is 0 Å². The van der Waals surface area contributed by atoms with E-state index in [2.05, 4.69) is 36.5 Å². The van der Waals surface area contributed by atoms with Crippen molar-refractivity contribution in [3.05, 3.63) is 75.0 Å². The molecule has 1 N–H and O–H groups in total. The highest BCUT2D eigenvalue weighted by molar-refractivity contribution is 6.36. The van der Waals surface area contributed by atoms with Crippen molar-refractivity contribution in [2.75, 3.05) is 11.9 Å². The number of nitrogens with one attached hydrogen (secondary N) is 1. The second kappa shape index (κ2) is 8.57. The lowest BCUT2D eigenvalue weighted by atomic mass is 10.0. The van der Waals surface area contributed by atoms with Crippen LogP contribution in [0, 0.1) is 0 Å². The molecule has 33 heavy (non-hydrogen) atoms. The Kier molecular flexibility index (Phi) is 5.56. The average molecular weight is 480 g/mol. The Hall–Kier alpha value is -2.14. The van der Waals surface area contributed by atoms with E-state index in [9.17, 15) is 0 Å². The summed E-state index contributed by atoms with van der Waals surface area (Å²) < 4.78 is 6.16. The SMILES string of the molecule is CCO[C@H]1Cc2ccccc2C1Nc1nc(C2CC2)c(-c2ccc(Cl)cc2Cl)nc1C1CC1. The molecule has 170 valence electrons. The van der Waals surface area contributed by atoms with Gasteiger partial charge in [-0.05, 0) is 61.9 Å². The topological polar surface area (TPSA) is 47.0 Å². The number of anilines is 1. The molecule has 3 aliphatic rings. The van der Waals surface area contributed by atoms with Crippen LogP contribution in [0.3, 0.4) is 0 Å². The van der Waals surface area contributed by atoms with E-state index in [0.717, 1.165) is 60.6 Å². The van der Waals surface area contributed by atoms with Gasteiger partial charge in [-0.1, -0.05) is 47.5 Å². The molecule has 6 heteroatoms. The van der Waals surface area contributed by atoms with Crippen LogP contribution in [0.4, 0.5) is 5.82 Å². The second-order valence-corrected chi connectivity index (χ2v) is 10.2. The molecule has 0 aliphatic heterocycles. The Morgan fingerprint density at radius 3 is 2.45 bits per heavy atom. The zero-order chi connectivity index (χ0) is 22.5. The van der Waals surface area contributed by atoms with Crippen molar-refractivity contribution in [3.8, 4) is 11.3 Å². The van der Waals surface area contributed by atoms with Crippen molar-refractivity contribution in [1.82, 2.24) is 9.97 Å². The van der Waals surface area contributed by atoms with E-state index >= 15 is 0 Å². The normalized spacial score (nSPS) is 21.8. The number of hydrogen-bond acceptors (Lipinski definition) is 4. The van der Waals surface area contributed by atoms with Gasteiger partial charge in [0.1, 0.15) is 5.82 Å². The molecule has 0 spiro atoms. The Balaban J connectivity index is 1.44. The van der Waals surface area contributed by atoms with E-state index in [1.165, 1.54) is 11.1 Å². The molecule has 1 unspecified atom stereocenters. The summed E-state index contributed by atoms with van der Waals surface area (Å²) in [6.45, 7) is 2.75. The first-order valence-corrected chi connectivity index (χ1v) is 12.7. The van der Waals surface area contributed by atoms with E-state index < -0.39 is 0 Å². The van der Waals surface area contributed by atoms with Crippen LogP contribution in [0.1, 0.15) is 73.0 Å². The number of halogens is 2. The van der Waals surface area contributed by atoms with Gasteiger partial charge in [-0.25, -0.2) is 9.97 Å². The van der Waals surface area contributed by atoms with E-state index in [4.69, 9.17) is 37.9 Å². The van der Waals surface area contributed by atoms with Gasteiger partial charge in [-0.2, -0.15) is 0 Å². The third-order valence-electron chi connectivity index (χ3n) is 6.92. The second-order valence-electron chi connectivity index (χ2n) is 9.38. The van der Waals surface area contributed by atoms with Gasteiger partial charge in [0.25, 0.3) is 0 Å². The molecular weight excluding hydrogens is 453 g/mol. The summed E-state index contributed by atoms with van der Waals surface area (Å²) in [5.74, 6) is 1.80. The van der Waals surface area contributed by atoms with Crippen LogP contribution < -0.4 is 5.32 Å². The molecule has 3 aromatic rings. The molecule has 3 aliphatic carbocycles. The minimum Gasteiger partial charge on any atom is -0.376 e. The van der Waals surface area contributed by atoms with Gasteiger partial charge in [0.15, 0.2) is 0 Å². The maximum Gasteiger partial charge on any atom is 0.148 e. The lowest BCUT2D eigenvalue weighted by Crippen LogP contribution is -2.26. The highest BCUT2D eigenvalue weighted by Gasteiger charge is 2.38. The minimum atomic E-state index is 0.0740. The third kappa shape index (κ3) is 4.14. The van der Waals surface area contributed by atoms with Gasteiger partial charge in [-0.15, -0.1) is 0 Å². The fraction of sp³-hybridized carbons (Fsp3) is 0.407. The van der Waals surface area contributed by atoms with Gasteiger partial charge in [0, 0.05) is 35.4 Å². The van der Waals surface area contributed by atoms with Gasteiger partial charge >= 0.3 is 0 Å². The first kappa shape index (κ1) is 21.4. The van der Waals surface area contributed by atoms with E-state index in [1.54, 1.807) is 6.07 Å². The summed E-state index contributed by atoms with van der Waals surface area (Å²) in [6, 6.07) is 14.4. The van der Waals surface area contributed by atoms with Crippen molar-refractivity contribution < 1.29 is 4.74 Å². The monoisotopic (exact) mass is 479 g/mol. The molecule has 0 saturated heterocycles. The molecule has 1 heterocycles. The number of benzene rings is 2. The minimum absolute atomic E-state index is 0.0740. The number of ether oxygens (including phenoxy) is 1. The lowest BCUT2D eigenvalue weighted by molar-refractivity contribution is 0.0573. The fourth-order valence-electron chi connectivity index (χ4n) is 4.98. The molecule has 0 bridgehead atoms. The summed E-state index contributed by atoms with van der Waals surface area (Å²) in [5.41, 5.74) is 6.59. The molecular formula is C27H27Cl2N3O. The molecule has 2 fully saturated rings. The first-order valence-electron chi connectivity index (χ1n) is 12.0. The van der Waals surface area contributed by atoms with Crippen LogP contribution in [-0.2, 0) is 11.2 Å². The number of hydrogen-bond donors (Lipinski definition) is 1. The standard InChI is InChI=1S/C27H27Cl2N3O/c1-2-33-22-13-17-5-3-4-6-19(17)25(22)32-27-24(16-9-10-16)30-26(23(31-27)15-7-8-15)20-12-11-18(28)14-21(20)29/h3-6,11-12,14-16,22,25H,2,7-10,13H2,1H3,(H,31,32)/t22-,25?/m0/s1. The maximum atomic E-state index is 6.61. The predicted molar refractivity (Wildman–Crippen MR) is 133 cm³/mol. The largest absolute Gasteiger partial charge is 0.376 e. The lowest BCUT2D eigenvalue weighted by Gasteiger charge is -2.24. The number of aromatic nitrogens is 2. The summed E-state index contributed by atoms with van der Waals surface area (Å²) in [4.78, 5) is 10.5. The molecule has 6 rings (SSSR count). The van der Waals surface area contributed by atoms with Crippen molar-refractivity contribution in [2.45, 2.75) is 63.0 Å². The summed E-state index contributed by atoms with van der Waals surface area (Å²) >= 11 is 12.8. The Morgan fingerprint density at radius 2 is 1.73 bits per heavy atom. The smallest absolute Gasteiger partial charge is 0.148 e. The zero-order valence-corrected chi connectivity index (χ0v) is 20.2. The molecule has 2 aromatic carbocycles.